The van der Waals surface area contributed by atoms with Crippen LogP contribution >= 0.6 is 0 Å². The Morgan fingerprint density at radius 3 is 1.70 bits per heavy atom. The third kappa shape index (κ3) is 16.9. The van der Waals surface area contributed by atoms with Gasteiger partial charge in [0.1, 0.15) is 17.7 Å². The smallest absolute Gasteiger partial charge is 0.136 e. The largest absolute Gasteiger partial charge is 0.495 e. The first-order valence-corrected chi connectivity index (χ1v) is 25.1. The first-order valence-electron chi connectivity index (χ1n) is 25.1. The molecule has 0 N–H and O–H groups in total. The number of hydrogen-bond acceptors (Lipinski definition) is 8. The Hall–Kier alpha value is -1.58. The third-order valence-corrected chi connectivity index (χ3v) is 17.0. The fourth-order valence-corrected chi connectivity index (χ4v) is 11.0. The van der Waals surface area contributed by atoms with Crippen LogP contribution in [0.2, 0.25) is 0 Å². The lowest BCUT2D eigenvalue weighted by Crippen LogP contribution is -2.60. The van der Waals surface area contributed by atoms with E-state index in [1.807, 2.05) is 6.92 Å². The molecule has 63 heavy (non-hydrogen) atoms. The molecule has 4 atom stereocenters. The Morgan fingerprint density at radius 2 is 1.24 bits per heavy atom. The van der Waals surface area contributed by atoms with Gasteiger partial charge in [-0.05, 0) is 190 Å². The highest BCUT2D eigenvalue weighted by molar-refractivity contribution is 5.84. The van der Waals surface area contributed by atoms with Crippen LogP contribution in [0.15, 0.2) is 25.5 Å². The molecule has 3 saturated heterocycles. The number of unbranched alkanes of at least 4 members (excludes halogenated alkanes) is 1. The molecule has 0 aliphatic carbocycles. The summed E-state index contributed by atoms with van der Waals surface area (Å²) >= 11 is 0. The maximum Gasteiger partial charge on any atom is 0.136 e. The van der Waals surface area contributed by atoms with Gasteiger partial charge in [-0.2, -0.15) is 0 Å². The number of likely N-dealkylation sites (tertiary alicyclic amines) is 3. The van der Waals surface area contributed by atoms with Crippen molar-refractivity contribution in [2.75, 3.05) is 34.8 Å². The fourth-order valence-electron chi connectivity index (χ4n) is 11.0. The standard InChI is InChI=1S/C43H81N3O4.C10H21N.C2H4/c1-18-38(48)36(23-25-49-34-26-31(3)44(15)41(9,10)28-34)37(32(4)50-35-29-42(11,12)46(17)43(13,14)30-35)27-33(47)22-20-21-24-40(7,8)45(16)39(5,6)19-2;1-9(2)7-6-8-10(3,4)11(9)5;1-2/h31,34-37H,4,18-30H2,1-3,5-17H3;6-8H2,1-5H3;1-2H2. The topological polar surface area (TPSA) is 65.6 Å². The molecule has 3 aliphatic heterocycles. The van der Waals surface area contributed by atoms with Crippen molar-refractivity contribution in [1.82, 2.24) is 19.6 Å². The number of rotatable bonds is 20. The van der Waals surface area contributed by atoms with E-state index in [0.717, 1.165) is 51.4 Å². The van der Waals surface area contributed by atoms with Gasteiger partial charge in [0.25, 0.3) is 0 Å². The summed E-state index contributed by atoms with van der Waals surface area (Å²) < 4.78 is 13.3. The van der Waals surface area contributed by atoms with Crippen molar-refractivity contribution in [2.45, 2.75) is 271 Å². The number of ether oxygens (including phenoxy) is 2. The zero-order chi connectivity index (χ0) is 49.2. The van der Waals surface area contributed by atoms with E-state index < -0.39 is 0 Å². The number of carbonyl (C=O) groups excluding carboxylic acids is 2. The van der Waals surface area contributed by atoms with Crippen molar-refractivity contribution in [3.8, 4) is 0 Å². The van der Waals surface area contributed by atoms with Crippen LogP contribution in [-0.2, 0) is 19.1 Å². The average Bonchev–Trinajstić information content (AvgIpc) is 3.17. The van der Waals surface area contributed by atoms with E-state index in [1.54, 1.807) is 0 Å². The van der Waals surface area contributed by atoms with Crippen molar-refractivity contribution in [1.29, 1.82) is 0 Å². The number of Topliss-reactive ketones (excluding diaryl/α,β-unsaturated/α-hetero) is 2. The minimum Gasteiger partial charge on any atom is -0.495 e. The van der Waals surface area contributed by atoms with E-state index in [1.165, 1.54) is 19.3 Å². The van der Waals surface area contributed by atoms with Gasteiger partial charge < -0.3 is 9.47 Å². The second-order valence-electron chi connectivity index (χ2n) is 24.3. The molecule has 3 heterocycles. The number of allylic oxidation sites excluding steroid dienone is 1. The Balaban J connectivity index is 0.00000131. The molecule has 3 aliphatic rings. The van der Waals surface area contributed by atoms with E-state index in [2.05, 4.69) is 178 Å². The van der Waals surface area contributed by atoms with Crippen molar-refractivity contribution >= 4 is 11.6 Å². The molecule has 370 valence electrons. The van der Waals surface area contributed by atoms with Crippen LogP contribution in [-0.4, -0.2) is 123 Å². The Bertz CT molecular complexity index is 1390. The highest BCUT2D eigenvalue weighted by Crippen LogP contribution is 2.41. The predicted molar refractivity (Wildman–Crippen MR) is 272 cm³/mol. The second kappa shape index (κ2) is 23.9. The molecule has 0 saturated carbocycles. The maximum absolute atomic E-state index is 13.8. The summed E-state index contributed by atoms with van der Waals surface area (Å²) in [6, 6.07) is 0.433. The zero-order valence-corrected chi connectivity index (χ0v) is 45.7. The van der Waals surface area contributed by atoms with Crippen molar-refractivity contribution in [2.24, 2.45) is 11.8 Å². The van der Waals surface area contributed by atoms with Gasteiger partial charge >= 0.3 is 0 Å². The molecule has 3 fully saturated rings. The number of piperidine rings is 3. The molecule has 0 radical (unpaired) electrons. The third-order valence-electron chi connectivity index (χ3n) is 17.0. The van der Waals surface area contributed by atoms with Crippen LogP contribution < -0.4 is 0 Å². The lowest BCUT2D eigenvalue weighted by Gasteiger charge is -2.53. The maximum atomic E-state index is 13.8. The molecule has 8 nitrogen and oxygen atoms in total. The summed E-state index contributed by atoms with van der Waals surface area (Å²) in [6.07, 6.45) is 13.6. The molecular weight excluding hydrogens is 781 g/mol. The van der Waals surface area contributed by atoms with E-state index in [-0.39, 0.29) is 63.3 Å². The molecule has 0 aromatic rings. The van der Waals surface area contributed by atoms with Gasteiger partial charge in [0.15, 0.2) is 0 Å². The van der Waals surface area contributed by atoms with Crippen LogP contribution in [0, 0.1) is 11.8 Å². The van der Waals surface area contributed by atoms with Gasteiger partial charge in [-0.3, -0.25) is 29.2 Å². The average molecular weight is 887 g/mol. The molecule has 0 aromatic heterocycles. The number of nitrogens with zero attached hydrogens (tertiary/aromatic N) is 4. The molecule has 4 unspecified atom stereocenters. The summed E-state index contributed by atoms with van der Waals surface area (Å²) in [7, 11) is 8.86. The SMILES string of the molecule is C=C.C=C(OC1CC(C)(C)N(C)C(C)(C)C1)C(CC(=O)CCCCC(C)(C)N(C)C(C)(C)CC)C(CCOC1CC(C)N(C)C(C)(C)C1)C(=O)CC.CN1C(C)(C)CCCC1(C)C. The Morgan fingerprint density at radius 1 is 0.746 bits per heavy atom. The lowest BCUT2D eigenvalue weighted by atomic mass is 9.78. The van der Waals surface area contributed by atoms with Crippen molar-refractivity contribution < 1.29 is 19.1 Å². The minimum absolute atomic E-state index is 0.0236. The molecule has 0 aromatic carbocycles. The lowest BCUT2D eigenvalue weighted by molar-refractivity contribution is -0.129. The normalized spacial score (nSPS) is 24.9. The summed E-state index contributed by atoms with van der Waals surface area (Å²) in [5, 5.41) is 0. The van der Waals surface area contributed by atoms with Crippen LogP contribution in [0.5, 0.6) is 0 Å². The number of carbonyl (C=O) groups is 2. The molecule has 0 amide bonds. The van der Waals surface area contributed by atoms with E-state index in [9.17, 15) is 9.59 Å². The van der Waals surface area contributed by atoms with Crippen LogP contribution in [0.3, 0.4) is 0 Å². The number of ketones is 2. The van der Waals surface area contributed by atoms with E-state index in [0.29, 0.717) is 55.2 Å². The first-order chi connectivity index (χ1) is 28.7. The van der Waals surface area contributed by atoms with Gasteiger partial charge in [-0.25, -0.2) is 0 Å². The molecule has 0 spiro atoms. The number of hydrogen-bond donors (Lipinski definition) is 0. The molecule has 0 bridgehead atoms. The summed E-state index contributed by atoms with van der Waals surface area (Å²) in [4.78, 5) is 37.4. The molecular formula is C55H106N4O4. The quantitative estimate of drug-likeness (QED) is 0.0680. The zero-order valence-electron chi connectivity index (χ0n) is 45.7. The van der Waals surface area contributed by atoms with Crippen molar-refractivity contribution in [3.63, 3.8) is 0 Å². The van der Waals surface area contributed by atoms with Crippen molar-refractivity contribution in [3.05, 3.63) is 25.5 Å². The van der Waals surface area contributed by atoms with Gasteiger partial charge in [0.05, 0.1) is 11.9 Å². The monoisotopic (exact) mass is 887 g/mol. The van der Waals surface area contributed by atoms with Crippen LogP contribution in [0.1, 0.15) is 214 Å². The second-order valence-corrected chi connectivity index (χ2v) is 24.3. The minimum atomic E-state index is -0.357. The Kier molecular flexibility index (Phi) is 22.6. The molecule has 8 heteroatoms. The van der Waals surface area contributed by atoms with E-state index in [4.69, 9.17) is 9.47 Å². The van der Waals surface area contributed by atoms with Crippen LogP contribution in [0.25, 0.3) is 0 Å². The Labute approximate surface area is 392 Å². The first kappa shape index (κ1) is 59.4. The predicted octanol–water partition coefficient (Wildman–Crippen LogP) is 12.9. The van der Waals surface area contributed by atoms with Gasteiger partial charge in [-0.1, -0.05) is 26.8 Å². The van der Waals surface area contributed by atoms with Crippen LogP contribution in [0.4, 0.5) is 0 Å². The molecule has 3 rings (SSSR count). The summed E-state index contributed by atoms with van der Waals surface area (Å²) in [6.45, 7) is 49.6. The highest BCUT2D eigenvalue weighted by Gasteiger charge is 2.45. The summed E-state index contributed by atoms with van der Waals surface area (Å²) in [5.41, 5.74) is 0.947. The fraction of sp³-hybridized carbons (Fsp3) is 0.891. The summed E-state index contributed by atoms with van der Waals surface area (Å²) in [5.74, 6) is 0.254. The van der Waals surface area contributed by atoms with E-state index >= 15 is 0 Å². The highest BCUT2D eigenvalue weighted by atomic mass is 16.5. The van der Waals surface area contributed by atoms with Gasteiger partial charge in [0.2, 0.25) is 0 Å². The van der Waals surface area contributed by atoms with Gasteiger partial charge in [0, 0.05) is 95.4 Å². The van der Waals surface area contributed by atoms with Gasteiger partial charge in [-0.15, -0.1) is 13.2 Å².